The third-order valence-electron chi connectivity index (χ3n) is 2.79. The van der Waals surface area contributed by atoms with Gasteiger partial charge in [0.2, 0.25) is 5.91 Å². The molecule has 0 aliphatic carbocycles. The van der Waals surface area contributed by atoms with E-state index in [0.717, 1.165) is 6.08 Å². The normalized spacial score (nSPS) is 11.8. The molecule has 0 bridgehead atoms. The molecule has 0 aliphatic heterocycles. The van der Waals surface area contributed by atoms with Gasteiger partial charge < -0.3 is 15.5 Å². The Morgan fingerprint density at radius 3 is 2.30 bits per heavy atom. The third-order valence-corrected chi connectivity index (χ3v) is 2.79. The molecule has 0 aromatic heterocycles. The first-order valence-corrected chi connectivity index (χ1v) is 6.47. The number of hydrogen-bond acceptors (Lipinski definition) is 5. The predicted octanol–water partition coefficient (Wildman–Crippen LogP) is 1.04. The van der Waals surface area contributed by atoms with Crippen LogP contribution in [-0.4, -0.2) is 39.0 Å². The van der Waals surface area contributed by atoms with E-state index in [2.05, 4.69) is 5.32 Å². The van der Waals surface area contributed by atoms with Gasteiger partial charge in [-0.15, -0.1) is 0 Å². The fourth-order valence-corrected chi connectivity index (χ4v) is 1.62. The Kier molecular flexibility index (Phi) is 6.41. The fourth-order valence-electron chi connectivity index (χ4n) is 1.62. The van der Waals surface area contributed by atoms with Crippen LogP contribution in [0.3, 0.4) is 0 Å². The third kappa shape index (κ3) is 6.38. The number of hydrogen-bond donors (Lipinski definition) is 3. The minimum Gasteiger partial charge on any atom is -0.481 e. The molecule has 3 N–H and O–H groups in total. The summed E-state index contributed by atoms with van der Waals surface area (Å²) in [5, 5.41) is 30.1. The summed E-state index contributed by atoms with van der Waals surface area (Å²) >= 11 is 0. The number of carbonyl (C=O) groups is 3. The van der Waals surface area contributed by atoms with Gasteiger partial charge in [-0.05, 0) is 30.2 Å². The van der Waals surface area contributed by atoms with Crippen molar-refractivity contribution in [2.24, 2.45) is 0 Å². The monoisotopic (exact) mass is 322 g/mol. The second kappa shape index (κ2) is 8.27. The summed E-state index contributed by atoms with van der Waals surface area (Å²) in [7, 11) is 0. The lowest BCUT2D eigenvalue weighted by molar-refractivity contribution is -0.384. The van der Waals surface area contributed by atoms with Gasteiger partial charge >= 0.3 is 11.9 Å². The lowest BCUT2D eigenvalue weighted by atomic mass is 10.1. The molecule has 1 amide bonds. The zero-order chi connectivity index (χ0) is 17.4. The number of carboxylic acids is 2. The zero-order valence-electron chi connectivity index (χ0n) is 11.8. The molecule has 1 rings (SSSR count). The van der Waals surface area contributed by atoms with Crippen molar-refractivity contribution in [2.45, 2.75) is 18.9 Å². The van der Waals surface area contributed by atoms with Gasteiger partial charge in [0.15, 0.2) is 0 Å². The lowest BCUT2D eigenvalue weighted by Crippen LogP contribution is -2.40. The Labute approximate surface area is 130 Å². The van der Waals surface area contributed by atoms with E-state index in [-0.39, 0.29) is 18.5 Å². The molecule has 0 radical (unpaired) electrons. The van der Waals surface area contributed by atoms with Crippen molar-refractivity contribution in [2.75, 3.05) is 0 Å². The number of carboxylic acid groups (broad SMARTS) is 2. The van der Waals surface area contributed by atoms with E-state index >= 15 is 0 Å². The van der Waals surface area contributed by atoms with Crippen molar-refractivity contribution in [1.29, 1.82) is 0 Å². The van der Waals surface area contributed by atoms with E-state index in [1.165, 1.54) is 30.3 Å². The molecule has 0 fully saturated rings. The Hall–Kier alpha value is -3.23. The summed E-state index contributed by atoms with van der Waals surface area (Å²) in [6, 6.07) is 4.09. The number of benzene rings is 1. The van der Waals surface area contributed by atoms with Gasteiger partial charge in [0.25, 0.3) is 5.69 Å². The van der Waals surface area contributed by atoms with Gasteiger partial charge in [-0.25, -0.2) is 4.79 Å². The van der Waals surface area contributed by atoms with E-state index in [4.69, 9.17) is 10.2 Å². The molecule has 122 valence electrons. The summed E-state index contributed by atoms with van der Waals surface area (Å²) in [5.41, 5.74) is 0.425. The summed E-state index contributed by atoms with van der Waals surface area (Å²) in [6.45, 7) is 0. The number of aliphatic carboxylic acids is 2. The molecule has 1 aromatic carbocycles. The number of nitrogens with one attached hydrogen (secondary N) is 1. The van der Waals surface area contributed by atoms with Crippen LogP contribution in [0, 0.1) is 10.1 Å². The Morgan fingerprint density at radius 2 is 1.83 bits per heavy atom. The lowest BCUT2D eigenvalue weighted by Gasteiger charge is -2.11. The fraction of sp³-hybridized carbons (Fsp3) is 0.214. The smallest absolute Gasteiger partial charge is 0.326 e. The summed E-state index contributed by atoms with van der Waals surface area (Å²) in [5.74, 6) is -3.20. The van der Waals surface area contributed by atoms with Gasteiger partial charge in [0, 0.05) is 24.6 Å². The van der Waals surface area contributed by atoms with Crippen LogP contribution in [-0.2, 0) is 14.4 Å². The van der Waals surface area contributed by atoms with Gasteiger partial charge in [-0.3, -0.25) is 19.7 Å². The molecule has 1 atom stereocenters. The molecule has 0 aliphatic rings. The number of rotatable bonds is 8. The van der Waals surface area contributed by atoms with Crippen LogP contribution in [0.5, 0.6) is 0 Å². The first-order valence-electron chi connectivity index (χ1n) is 6.47. The van der Waals surface area contributed by atoms with Crippen LogP contribution in [0.25, 0.3) is 6.08 Å². The van der Waals surface area contributed by atoms with Crippen LogP contribution in [0.15, 0.2) is 30.3 Å². The SMILES string of the molecule is O=C(O)CC[C@H](NC(=O)C=Cc1ccc([N+](=O)[O-])cc1)C(=O)O. The number of carbonyl (C=O) groups excluding carboxylic acids is 1. The number of non-ortho nitro benzene ring substituents is 1. The maximum Gasteiger partial charge on any atom is 0.326 e. The highest BCUT2D eigenvalue weighted by atomic mass is 16.6. The van der Waals surface area contributed by atoms with Crippen molar-refractivity contribution < 1.29 is 29.5 Å². The molecule has 0 heterocycles. The van der Waals surface area contributed by atoms with Crippen LogP contribution in [0.1, 0.15) is 18.4 Å². The standard InChI is InChI=1S/C14H14N2O7/c17-12(15-11(14(20)21)6-8-13(18)19)7-3-9-1-4-10(5-2-9)16(22)23/h1-5,7,11H,6,8H2,(H,15,17)(H,18,19)(H,20,21)/t11-/m0/s1. The highest BCUT2D eigenvalue weighted by molar-refractivity contribution is 5.94. The van der Waals surface area contributed by atoms with Crippen LogP contribution in [0.2, 0.25) is 0 Å². The van der Waals surface area contributed by atoms with Gasteiger partial charge in [0.05, 0.1) is 4.92 Å². The van der Waals surface area contributed by atoms with E-state index in [1.54, 1.807) is 0 Å². The molecular formula is C14H14N2O7. The Bertz CT molecular complexity index is 637. The molecule has 1 aromatic rings. The second-order valence-corrected chi connectivity index (χ2v) is 4.51. The highest BCUT2D eigenvalue weighted by Crippen LogP contribution is 2.12. The first kappa shape index (κ1) is 17.8. The van der Waals surface area contributed by atoms with E-state index in [0.29, 0.717) is 5.56 Å². The van der Waals surface area contributed by atoms with Crippen molar-refractivity contribution in [1.82, 2.24) is 5.32 Å². The average Bonchev–Trinajstić information content (AvgIpc) is 2.49. The summed E-state index contributed by atoms with van der Waals surface area (Å²) in [4.78, 5) is 42.9. The molecule has 0 unspecified atom stereocenters. The first-order chi connectivity index (χ1) is 10.8. The van der Waals surface area contributed by atoms with Crippen LogP contribution < -0.4 is 5.32 Å². The topological polar surface area (TPSA) is 147 Å². The van der Waals surface area contributed by atoms with Crippen molar-refractivity contribution >= 4 is 29.6 Å². The number of amides is 1. The predicted molar refractivity (Wildman–Crippen MR) is 78.6 cm³/mol. The minimum atomic E-state index is -1.33. The van der Waals surface area contributed by atoms with Gasteiger partial charge in [0.1, 0.15) is 6.04 Å². The number of nitro benzene ring substituents is 1. The largest absolute Gasteiger partial charge is 0.481 e. The minimum absolute atomic E-state index is 0.0915. The van der Waals surface area contributed by atoms with Crippen molar-refractivity contribution in [3.8, 4) is 0 Å². The van der Waals surface area contributed by atoms with Gasteiger partial charge in [-0.2, -0.15) is 0 Å². The number of nitro groups is 1. The molecule has 0 saturated heterocycles. The molecule has 23 heavy (non-hydrogen) atoms. The van der Waals surface area contributed by atoms with Crippen molar-refractivity contribution in [3.63, 3.8) is 0 Å². The maximum absolute atomic E-state index is 11.6. The summed E-state index contributed by atoms with van der Waals surface area (Å²) < 4.78 is 0. The van der Waals surface area contributed by atoms with Gasteiger partial charge in [-0.1, -0.05) is 0 Å². The number of nitrogens with zero attached hydrogens (tertiary/aromatic N) is 1. The molecule has 0 spiro atoms. The van der Waals surface area contributed by atoms with Crippen LogP contribution >= 0.6 is 0 Å². The van der Waals surface area contributed by atoms with Crippen molar-refractivity contribution in [3.05, 3.63) is 46.0 Å². The summed E-state index contributed by atoms with van der Waals surface area (Å²) in [6.07, 6.45) is 1.80. The molecular weight excluding hydrogens is 308 g/mol. The van der Waals surface area contributed by atoms with E-state index in [9.17, 15) is 24.5 Å². The van der Waals surface area contributed by atoms with E-state index < -0.39 is 28.8 Å². The Morgan fingerprint density at radius 1 is 1.22 bits per heavy atom. The quantitative estimate of drug-likeness (QED) is 0.368. The highest BCUT2D eigenvalue weighted by Gasteiger charge is 2.19. The molecule has 9 nitrogen and oxygen atoms in total. The molecule has 9 heteroatoms. The molecule has 0 saturated carbocycles. The van der Waals surface area contributed by atoms with Crippen LogP contribution in [0.4, 0.5) is 5.69 Å². The second-order valence-electron chi connectivity index (χ2n) is 4.51. The Balaban J connectivity index is 2.64. The zero-order valence-corrected chi connectivity index (χ0v) is 11.8. The average molecular weight is 322 g/mol. The van der Waals surface area contributed by atoms with E-state index in [1.807, 2.05) is 0 Å². The maximum atomic E-state index is 11.6.